The summed E-state index contributed by atoms with van der Waals surface area (Å²) in [6, 6.07) is 15.7. The van der Waals surface area contributed by atoms with E-state index in [1.165, 1.54) is 23.1 Å². The fourth-order valence-corrected chi connectivity index (χ4v) is 6.34. The van der Waals surface area contributed by atoms with E-state index in [9.17, 15) is 14.7 Å². The molecule has 3 aromatic carbocycles. The summed E-state index contributed by atoms with van der Waals surface area (Å²) in [4.78, 5) is 30.3. The Morgan fingerprint density at radius 1 is 1.10 bits per heavy atom. The molecule has 216 valence electrons. The molecule has 0 fully saturated rings. The lowest BCUT2D eigenvalue weighted by Gasteiger charge is -2.19. The number of amides is 2. The minimum atomic E-state index is -0.281. The van der Waals surface area contributed by atoms with Crippen molar-refractivity contribution >= 4 is 50.8 Å². The second-order valence-electron chi connectivity index (χ2n) is 9.77. The number of methoxy groups -OCH3 is 1. The lowest BCUT2D eigenvalue weighted by molar-refractivity contribution is -0.119. The van der Waals surface area contributed by atoms with Crippen LogP contribution in [0.4, 0.5) is 5.69 Å². The molecule has 4 aromatic rings. The van der Waals surface area contributed by atoms with Crippen molar-refractivity contribution < 1.29 is 24.2 Å². The van der Waals surface area contributed by atoms with Gasteiger partial charge in [0, 0.05) is 11.3 Å². The Kier molecular flexibility index (Phi) is 10.1. The molecule has 0 aliphatic rings. The number of aromatic nitrogens is 1. The van der Waals surface area contributed by atoms with Gasteiger partial charge in [-0.1, -0.05) is 37.2 Å². The average molecular weight is 594 g/mol. The summed E-state index contributed by atoms with van der Waals surface area (Å²) < 4.78 is 13.3. The third-order valence-corrected chi connectivity index (χ3v) is 8.71. The van der Waals surface area contributed by atoms with E-state index < -0.39 is 0 Å². The molecule has 1 aromatic heterocycles. The van der Waals surface area contributed by atoms with Gasteiger partial charge in [0.05, 0.1) is 40.8 Å². The first-order chi connectivity index (χ1) is 19.7. The number of thioether (sulfide) groups is 1. The molecule has 3 N–H and O–H groups in total. The molecule has 0 spiro atoms. The number of carbonyl (C=O) groups excluding carboxylic acids is 2. The molecule has 2 amide bonds. The predicted octanol–water partition coefficient (Wildman–Crippen LogP) is 7.11. The van der Waals surface area contributed by atoms with Gasteiger partial charge in [-0.2, -0.15) is 0 Å². The van der Waals surface area contributed by atoms with Crippen molar-refractivity contribution in [2.75, 3.05) is 18.2 Å². The number of thiazole rings is 1. The van der Waals surface area contributed by atoms with Crippen LogP contribution in [0.5, 0.6) is 17.2 Å². The number of rotatable bonds is 12. The van der Waals surface area contributed by atoms with Crippen LogP contribution in [0, 0.1) is 6.92 Å². The minimum absolute atomic E-state index is 0.0701. The van der Waals surface area contributed by atoms with Crippen molar-refractivity contribution in [2.45, 2.75) is 57.0 Å². The standard InChI is InChI=1S/C31H35N3O5S2/c1-6-7-18(2)39-26-15-13-24(29(38-5)19(26)3)30(37)33-22-10-14-25-27(16-22)41-31(34-25)40-17-28(36)32-20(4)21-8-11-23(35)12-9-21/h8-16,18,20,35H,6-7,17H2,1-5H3,(H,32,36)(H,33,37). The number of aromatic hydroxyl groups is 1. The van der Waals surface area contributed by atoms with Gasteiger partial charge in [-0.15, -0.1) is 11.3 Å². The quantitative estimate of drug-likeness (QED) is 0.150. The van der Waals surface area contributed by atoms with Crippen LogP contribution in [-0.4, -0.2) is 40.9 Å². The SMILES string of the molecule is CCCC(C)Oc1ccc(C(=O)Nc2ccc3nc(SCC(=O)NC(C)c4ccc(O)cc4)sc3c2)c(OC)c1C. The average Bonchev–Trinajstić information content (AvgIpc) is 3.35. The van der Waals surface area contributed by atoms with Crippen LogP contribution >= 0.6 is 23.1 Å². The molecule has 0 saturated heterocycles. The van der Waals surface area contributed by atoms with Gasteiger partial charge in [0.25, 0.3) is 5.91 Å². The summed E-state index contributed by atoms with van der Waals surface area (Å²) in [5.41, 5.74) is 3.55. The Morgan fingerprint density at radius 2 is 1.85 bits per heavy atom. The van der Waals surface area contributed by atoms with Crippen molar-refractivity contribution in [3.63, 3.8) is 0 Å². The topological polar surface area (TPSA) is 110 Å². The zero-order chi connectivity index (χ0) is 29.5. The summed E-state index contributed by atoms with van der Waals surface area (Å²) in [5.74, 6) is 1.22. The second-order valence-corrected chi connectivity index (χ2v) is 12.0. The van der Waals surface area contributed by atoms with Crippen molar-refractivity contribution in [1.82, 2.24) is 10.3 Å². The number of nitrogens with zero attached hydrogens (tertiary/aromatic N) is 1. The van der Waals surface area contributed by atoms with Crippen LogP contribution in [0.25, 0.3) is 10.2 Å². The van der Waals surface area contributed by atoms with Crippen LogP contribution in [0.3, 0.4) is 0 Å². The number of hydrogen-bond donors (Lipinski definition) is 3. The van der Waals surface area contributed by atoms with Gasteiger partial charge in [0.15, 0.2) is 4.34 Å². The molecule has 41 heavy (non-hydrogen) atoms. The summed E-state index contributed by atoms with van der Waals surface area (Å²) in [6.45, 7) is 7.94. The van der Waals surface area contributed by atoms with Gasteiger partial charge < -0.3 is 25.2 Å². The van der Waals surface area contributed by atoms with Gasteiger partial charge in [-0.3, -0.25) is 9.59 Å². The van der Waals surface area contributed by atoms with Crippen LogP contribution in [0.1, 0.15) is 61.1 Å². The Hall–Kier alpha value is -3.76. The molecule has 0 aliphatic heterocycles. The maximum Gasteiger partial charge on any atom is 0.259 e. The van der Waals surface area contributed by atoms with E-state index in [2.05, 4.69) is 22.5 Å². The van der Waals surface area contributed by atoms with Gasteiger partial charge in [0.1, 0.15) is 17.2 Å². The number of nitrogens with one attached hydrogen (secondary N) is 2. The fourth-order valence-electron chi connectivity index (χ4n) is 4.42. The molecule has 2 unspecified atom stereocenters. The molecule has 10 heteroatoms. The summed E-state index contributed by atoms with van der Waals surface area (Å²) in [5, 5.41) is 15.4. The van der Waals surface area contributed by atoms with Gasteiger partial charge in [-0.25, -0.2) is 4.98 Å². The maximum absolute atomic E-state index is 13.2. The number of benzene rings is 3. The van der Waals surface area contributed by atoms with Crippen molar-refractivity contribution in [1.29, 1.82) is 0 Å². The van der Waals surface area contributed by atoms with E-state index in [0.29, 0.717) is 22.7 Å². The van der Waals surface area contributed by atoms with Crippen molar-refractivity contribution in [3.8, 4) is 17.2 Å². The van der Waals surface area contributed by atoms with E-state index in [1.807, 2.05) is 45.0 Å². The Morgan fingerprint density at radius 3 is 2.56 bits per heavy atom. The van der Waals surface area contributed by atoms with Crippen LogP contribution < -0.4 is 20.1 Å². The van der Waals surface area contributed by atoms with E-state index in [0.717, 1.165) is 38.5 Å². The lowest BCUT2D eigenvalue weighted by Crippen LogP contribution is -2.28. The Bertz CT molecular complexity index is 1520. The normalized spacial score (nSPS) is 12.5. The molecule has 0 saturated carbocycles. The minimum Gasteiger partial charge on any atom is -0.508 e. The van der Waals surface area contributed by atoms with E-state index in [-0.39, 0.29) is 35.5 Å². The zero-order valence-electron chi connectivity index (χ0n) is 23.8. The van der Waals surface area contributed by atoms with Gasteiger partial charge in [-0.05, 0) is 75.2 Å². The van der Waals surface area contributed by atoms with Gasteiger partial charge >= 0.3 is 0 Å². The molecule has 1 heterocycles. The highest BCUT2D eigenvalue weighted by Gasteiger charge is 2.19. The Labute approximate surface area is 248 Å². The highest BCUT2D eigenvalue weighted by molar-refractivity contribution is 8.01. The smallest absolute Gasteiger partial charge is 0.259 e. The highest BCUT2D eigenvalue weighted by Crippen LogP contribution is 2.34. The van der Waals surface area contributed by atoms with Crippen LogP contribution in [0.15, 0.2) is 58.9 Å². The Balaban J connectivity index is 1.39. The second kappa shape index (κ2) is 13.7. The summed E-state index contributed by atoms with van der Waals surface area (Å²) >= 11 is 2.83. The summed E-state index contributed by atoms with van der Waals surface area (Å²) in [7, 11) is 1.55. The van der Waals surface area contributed by atoms with Crippen LogP contribution in [-0.2, 0) is 4.79 Å². The number of anilines is 1. The molecule has 0 aliphatic carbocycles. The first-order valence-corrected chi connectivity index (χ1v) is 15.3. The third-order valence-electron chi connectivity index (χ3n) is 6.55. The molecule has 2 atom stereocenters. The van der Waals surface area contributed by atoms with Crippen molar-refractivity contribution in [3.05, 3.63) is 71.3 Å². The van der Waals surface area contributed by atoms with E-state index in [4.69, 9.17) is 9.47 Å². The molecule has 0 radical (unpaired) electrons. The van der Waals surface area contributed by atoms with Crippen LogP contribution in [0.2, 0.25) is 0 Å². The number of ether oxygens (including phenoxy) is 2. The number of fused-ring (bicyclic) bond motifs is 1. The first kappa shape index (κ1) is 30.2. The number of carbonyl (C=O) groups is 2. The van der Waals surface area contributed by atoms with Crippen molar-refractivity contribution in [2.24, 2.45) is 0 Å². The molecular formula is C31H35N3O5S2. The highest BCUT2D eigenvalue weighted by atomic mass is 32.2. The lowest BCUT2D eigenvalue weighted by atomic mass is 10.1. The molecule has 8 nitrogen and oxygen atoms in total. The molecular weight excluding hydrogens is 558 g/mol. The van der Waals surface area contributed by atoms with E-state index >= 15 is 0 Å². The van der Waals surface area contributed by atoms with E-state index in [1.54, 1.807) is 37.4 Å². The number of phenolic OH excluding ortho intramolecular Hbond substituents is 1. The zero-order valence-corrected chi connectivity index (χ0v) is 25.4. The number of phenols is 1. The predicted molar refractivity (Wildman–Crippen MR) is 166 cm³/mol. The third kappa shape index (κ3) is 7.71. The van der Waals surface area contributed by atoms with Gasteiger partial charge in [0.2, 0.25) is 5.91 Å². The number of hydrogen-bond acceptors (Lipinski definition) is 8. The fraction of sp³-hybridized carbons (Fsp3) is 0.323. The molecule has 4 rings (SSSR count). The molecule has 0 bridgehead atoms. The summed E-state index contributed by atoms with van der Waals surface area (Å²) in [6.07, 6.45) is 2.04. The first-order valence-electron chi connectivity index (χ1n) is 13.5. The largest absolute Gasteiger partial charge is 0.508 e. The monoisotopic (exact) mass is 593 g/mol. The maximum atomic E-state index is 13.2.